The van der Waals surface area contributed by atoms with Crippen LogP contribution >= 0.6 is 0 Å². The third-order valence-electron chi connectivity index (χ3n) is 1.68. The van der Waals surface area contributed by atoms with Crippen molar-refractivity contribution in [2.24, 2.45) is 0 Å². The molecule has 0 fully saturated rings. The van der Waals surface area contributed by atoms with Gasteiger partial charge >= 0.3 is 0 Å². The van der Waals surface area contributed by atoms with Crippen LogP contribution in [0.5, 0.6) is 0 Å². The molecular weight excluding hydrogens is 136 g/mol. The average molecular weight is 152 g/mol. The van der Waals surface area contributed by atoms with Crippen LogP contribution in [0.15, 0.2) is 35.6 Å². The fourth-order valence-electron chi connectivity index (χ4n) is 0.702. The van der Waals surface area contributed by atoms with E-state index in [4.69, 9.17) is 0 Å². The zero-order valence-electron chi connectivity index (χ0n) is 7.52. The van der Waals surface area contributed by atoms with E-state index in [-0.39, 0.29) is 0 Å². The molecule has 0 aliphatic heterocycles. The van der Waals surface area contributed by atoms with E-state index in [1.165, 1.54) is 0 Å². The molecule has 0 aromatic heterocycles. The second-order valence-corrected chi connectivity index (χ2v) is 2.51. The molecule has 0 atom stereocenters. The van der Waals surface area contributed by atoms with Crippen molar-refractivity contribution in [3.63, 3.8) is 0 Å². The van der Waals surface area contributed by atoms with E-state index in [9.17, 15) is 5.11 Å². The Morgan fingerprint density at radius 2 is 2.00 bits per heavy atom. The molecular formula is C10H16O. The van der Waals surface area contributed by atoms with E-state index in [1.54, 1.807) is 12.2 Å². The lowest BCUT2D eigenvalue weighted by molar-refractivity contribution is 0.420. The van der Waals surface area contributed by atoms with Gasteiger partial charge < -0.3 is 5.11 Å². The molecule has 0 amide bonds. The number of rotatable bonds is 3. The SMILES string of the molecule is C=C/C(C)=C(C)\C(O)=C/CC. The maximum atomic E-state index is 9.37. The van der Waals surface area contributed by atoms with Crippen LogP contribution in [-0.2, 0) is 0 Å². The van der Waals surface area contributed by atoms with Gasteiger partial charge in [-0.15, -0.1) is 0 Å². The molecule has 62 valence electrons. The summed E-state index contributed by atoms with van der Waals surface area (Å²) in [6, 6.07) is 0. The van der Waals surface area contributed by atoms with Crippen LogP contribution in [-0.4, -0.2) is 5.11 Å². The van der Waals surface area contributed by atoms with Crippen LogP contribution in [0.1, 0.15) is 27.2 Å². The van der Waals surface area contributed by atoms with Gasteiger partial charge in [0.05, 0.1) is 0 Å². The van der Waals surface area contributed by atoms with Crippen molar-refractivity contribution in [1.29, 1.82) is 0 Å². The molecule has 0 aliphatic carbocycles. The molecule has 0 saturated carbocycles. The lowest BCUT2D eigenvalue weighted by Gasteiger charge is -2.01. The van der Waals surface area contributed by atoms with Crippen LogP contribution in [0.25, 0.3) is 0 Å². The Kier molecular flexibility index (Phi) is 4.35. The number of aliphatic hydroxyl groups is 1. The molecule has 0 heterocycles. The summed E-state index contributed by atoms with van der Waals surface area (Å²) in [6.45, 7) is 9.44. The number of hydrogen-bond acceptors (Lipinski definition) is 1. The van der Waals surface area contributed by atoms with Crippen molar-refractivity contribution in [3.05, 3.63) is 35.6 Å². The summed E-state index contributed by atoms with van der Waals surface area (Å²) in [4.78, 5) is 0. The standard InChI is InChI=1S/C10H16O/c1-5-7-10(11)9(4)8(3)6-2/h6-7,11H,2,5H2,1,3-4H3/b9-8-,10-7+. The van der Waals surface area contributed by atoms with Crippen LogP contribution in [0.4, 0.5) is 0 Å². The Morgan fingerprint density at radius 1 is 1.45 bits per heavy atom. The van der Waals surface area contributed by atoms with Crippen LogP contribution in [0.2, 0.25) is 0 Å². The molecule has 0 aliphatic rings. The van der Waals surface area contributed by atoms with Crippen LogP contribution < -0.4 is 0 Å². The first-order valence-corrected chi connectivity index (χ1v) is 3.82. The van der Waals surface area contributed by atoms with Gasteiger partial charge in [0.25, 0.3) is 0 Å². The highest BCUT2D eigenvalue weighted by atomic mass is 16.3. The van der Waals surface area contributed by atoms with Gasteiger partial charge in [-0.3, -0.25) is 0 Å². The van der Waals surface area contributed by atoms with Crippen molar-refractivity contribution < 1.29 is 5.11 Å². The molecule has 0 spiro atoms. The second kappa shape index (κ2) is 4.78. The smallest absolute Gasteiger partial charge is 0.114 e. The van der Waals surface area contributed by atoms with Gasteiger partial charge in [0.15, 0.2) is 0 Å². The summed E-state index contributed by atoms with van der Waals surface area (Å²) >= 11 is 0. The average Bonchev–Trinajstić information content (AvgIpc) is 2.02. The molecule has 1 heteroatoms. The Hall–Kier alpha value is -0.980. The van der Waals surface area contributed by atoms with Gasteiger partial charge in [-0.05, 0) is 37.5 Å². The first-order valence-electron chi connectivity index (χ1n) is 3.82. The highest BCUT2D eigenvalue weighted by Crippen LogP contribution is 2.12. The predicted molar refractivity (Wildman–Crippen MR) is 49.6 cm³/mol. The highest BCUT2D eigenvalue weighted by Gasteiger charge is 1.97. The Morgan fingerprint density at radius 3 is 2.36 bits per heavy atom. The van der Waals surface area contributed by atoms with E-state index in [1.807, 2.05) is 20.8 Å². The summed E-state index contributed by atoms with van der Waals surface area (Å²) in [5, 5.41) is 9.37. The molecule has 1 N–H and O–H groups in total. The molecule has 0 rings (SSSR count). The van der Waals surface area contributed by atoms with E-state index >= 15 is 0 Å². The third-order valence-corrected chi connectivity index (χ3v) is 1.68. The fraction of sp³-hybridized carbons (Fsp3) is 0.400. The van der Waals surface area contributed by atoms with Crippen molar-refractivity contribution in [3.8, 4) is 0 Å². The summed E-state index contributed by atoms with van der Waals surface area (Å²) in [5.41, 5.74) is 1.93. The highest BCUT2D eigenvalue weighted by molar-refractivity contribution is 5.32. The summed E-state index contributed by atoms with van der Waals surface area (Å²) in [5.74, 6) is 0.366. The minimum atomic E-state index is 0.366. The van der Waals surface area contributed by atoms with Gasteiger partial charge in [-0.25, -0.2) is 0 Å². The quantitative estimate of drug-likeness (QED) is 0.485. The van der Waals surface area contributed by atoms with Crippen molar-refractivity contribution in [1.82, 2.24) is 0 Å². The Balaban J connectivity index is 4.59. The molecule has 0 aromatic carbocycles. The molecule has 0 radical (unpaired) electrons. The van der Waals surface area contributed by atoms with Crippen LogP contribution in [0.3, 0.4) is 0 Å². The molecule has 11 heavy (non-hydrogen) atoms. The second-order valence-electron chi connectivity index (χ2n) is 2.51. The summed E-state index contributed by atoms with van der Waals surface area (Å²) < 4.78 is 0. The van der Waals surface area contributed by atoms with Gasteiger partial charge in [0, 0.05) is 0 Å². The first kappa shape index (κ1) is 10.0. The number of hydrogen-bond donors (Lipinski definition) is 1. The minimum Gasteiger partial charge on any atom is -0.508 e. The normalized spacial score (nSPS) is 14.3. The van der Waals surface area contributed by atoms with E-state index < -0.39 is 0 Å². The van der Waals surface area contributed by atoms with E-state index in [0.717, 1.165) is 17.6 Å². The molecule has 0 aromatic rings. The maximum Gasteiger partial charge on any atom is 0.114 e. The lowest BCUT2D eigenvalue weighted by Crippen LogP contribution is -1.86. The summed E-state index contributed by atoms with van der Waals surface area (Å²) in [6.07, 6.45) is 4.39. The Bertz CT molecular complexity index is 197. The number of allylic oxidation sites excluding steroid dienone is 4. The maximum absolute atomic E-state index is 9.37. The monoisotopic (exact) mass is 152 g/mol. The zero-order valence-corrected chi connectivity index (χ0v) is 7.52. The van der Waals surface area contributed by atoms with Crippen LogP contribution in [0, 0.1) is 0 Å². The zero-order chi connectivity index (χ0) is 8.85. The van der Waals surface area contributed by atoms with E-state index in [0.29, 0.717) is 5.76 Å². The summed E-state index contributed by atoms with van der Waals surface area (Å²) in [7, 11) is 0. The third kappa shape index (κ3) is 3.08. The number of aliphatic hydroxyl groups excluding tert-OH is 1. The van der Waals surface area contributed by atoms with Crippen molar-refractivity contribution >= 4 is 0 Å². The minimum absolute atomic E-state index is 0.366. The largest absolute Gasteiger partial charge is 0.508 e. The van der Waals surface area contributed by atoms with Gasteiger partial charge in [-0.1, -0.05) is 19.6 Å². The first-order chi connectivity index (χ1) is 5.13. The van der Waals surface area contributed by atoms with Crippen molar-refractivity contribution in [2.75, 3.05) is 0 Å². The molecule has 0 bridgehead atoms. The molecule has 1 nitrogen and oxygen atoms in total. The van der Waals surface area contributed by atoms with E-state index in [2.05, 4.69) is 6.58 Å². The Labute approximate surface area is 68.7 Å². The molecule has 0 saturated heterocycles. The topological polar surface area (TPSA) is 20.2 Å². The van der Waals surface area contributed by atoms with Gasteiger partial charge in [0.1, 0.15) is 5.76 Å². The predicted octanol–water partition coefficient (Wildman–Crippen LogP) is 3.36. The lowest BCUT2D eigenvalue weighted by atomic mass is 10.1. The van der Waals surface area contributed by atoms with Gasteiger partial charge in [0.2, 0.25) is 0 Å². The van der Waals surface area contributed by atoms with Gasteiger partial charge in [-0.2, -0.15) is 0 Å². The molecule has 0 unspecified atom stereocenters. The van der Waals surface area contributed by atoms with Crippen molar-refractivity contribution in [2.45, 2.75) is 27.2 Å². The fourth-order valence-corrected chi connectivity index (χ4v) is 0.702.